The lowest BCUT2D eigenvalue weighted by Gasteiger charge is -2.29. The summed E-state index contributed by atoms with van der Waals surface area (Å²) in [5.41, 5.74) is 4.45. The summed E-state index contributed by atoms with van der Waals surface area (Å²) in [4.78, 5) is 11.1. The first kappa shape index (κ1) is 23.9. The molecular formula is C28H29N5O3. The van der Waals surface area contributed by atoms with Crippen LogP contribution in [-0.4, -0.2) is 54.0 Å². The van der Waals surface area contributed by atoms with Crippen LogP contribution in [0.2, 0.25) is 0 Å². The summed E-state index contributed by atoms with van der Waals surface area (Å²) in [5, 5.41) is 23.6. The SMILES string of the molecule is C[C@H](O)c1nccn1Cc1cc(-c2ccc(C#Cc3ccc(CN4CCC(O)CC4)nc3)cc2)on1. The lowest BCUT2D eigenvalue weighted by molar-refractivity contribution is 0.0787. The molecule has 1 aliphatic heterocycles. The molecule has 3 aromatic heterocycles. The molecular weight excluding hydrogens is 454 g/mol. The first-order valence-corrected chi connectivity index (χ1v) is 12.2. The van der Waals surface area contributed by atoms with E-state index >= 15 is 0 Å². The van der Waals surface area contributed by atoms with E-state index in [1.807, 2.05) is 59.4 Å². The van der Waals surface area contributed by atoms with Crippen LogP contribution >= 0.6 is 0 Å². The number of rotatable bonds is 6. The van der Waals surface area contributed by atoms with Crippen molar-refractivity contribution in [1.29, 1.82) is 0 Å². The third kappa shape index (κ3) is 5.89. The summed E-state index contributed by atoms with van der Waals surface area (Å²) in [6.07, 6.45) is 6.14. The van der Waals surface area contributed by atoms with Gasteiger partial charge in [-0.15, -0.1) is 0 Å². The third-order valence-corrected chi connectivity index (χ3v) is 6.30. The number of aliphatic hydroxyl groups excluding tert-OH is 2. The van der Waals surface area contributed by atoms with Crippen molar-refractivity contribution in [2.45, 2.75) is 45.1 Å². The fourth-order valence-corrected chi connectivity index (χ4v) is 4.28. The molecule has 0 aliphatic carbocycles. The van der Waals surface area contributed by atoms with E-state index in [0.29, 0.717) is 18.1 Å². The number of hydrogen-bond acceptors (Lipinski definition) is 7. The van der Waals surface area contributed by atoms with Crippen molar-refractivity contribution >= 4 is 0 Å². The van der Waals surface area contributed by atoms with Crippen molar-refractivity contribution in [3.8, 4) is 23.2 Å². The summed E-state index contributed by atoms with van der Waals surface area (Å²) in [7, 11) is 0. The molecule has 4 aromatic rings. The average Bonchev–Trinajstić information content (AvgIpc) is 3.56. The third-order valence-electron chi connectivity index (χ3n) is 6.30. The summed E-state index contributed by atoms with van der Waals surface area (Å²) in [6, 6.07) is 13.8. The molecule has 4 heterocycles. The predicted molar refractivity (Wildman–Crippen MR) is 135 cm³/mol. The number of hydrogen-bond donors (Lipinski definition) is 2. The minimum absolute atomic E-state index is 0.160. The maximum absolute atomic E-state index is 9.83. The number of likely N-dealkylation sites (tertiary alicyclic amines) is 1. The van der Waals surface area contributed by atoms with Crippen molar-refractivity contribution in [2.24, 2.45) is 0 Å². The summed E-state index contributed by atoms with van der Waals surface area (Å²) in [6.45, 7) is 4.78. The Hall–Kier alpha value is -3.77. The number of aromatic nitrogens is 4. The Bertz CT molecular complexity index is 1340. The second-order valence-corrected chi connectivity index (χ2v) is 9.14. The number of benzene rings is 1. The number of nitrogens with zero attached hydrogens (tertiary/aromatic N) is 5. The van der Waals surface area contributed by atoms with Gasteiger partial charge in [-0.05, 0) is 56.2 Å². The van der Waals surface area contributed by atoms with Gasteiger partial charge in [0.2, 0.25) is 0 Å². The van der Waals surface area contributed by atoms with Crippen LogP contribution in [0.4, 0.5) is 0 Å². The molecule has 1 fully saturated rings. The van der Waals surface area contributed by atoms with Crippen LogP contribution in [0.15, 0.2) is 65.6 Å². The van der Waals surface area contributed by atoms with Crippen molar-refractivity contribution in [3.05, 3.63) is 89.4 Å². The first-order chi connectivity index (χ1) is 17.5. The number of pyridine rings is 1. The van der Waals surface area contributed by atoms with E-state index < -0.39 is 6.10 Å². The molecule has 8 nitrogen and oxygen atoms in total. The molecule has 0 bridgehead atoms. The van der Waals surface area contributed by atoms with E-state index in [1.54, 1.807) is 13.1 Å². The summed E-state index contributed by atoms with van der Waals surface area (Å²) < 4.78 is 7.39. The van der Waals surface area contributed by atoms with Crippen molar-refractivity contribution < 1.29 is 14.7 Å². The van der Waals surface area contributed by atoms with Crippen LogP contribution in [0.3, 0.4) is 0 Å². The van der Waals surface area contributed by atoms with Gasteiger partial charge in [-0.1, -0.05) is 17.0 Å². The van der Waals surface area contributed by atoms with Crippen LogP contribution in [-0.2, 0) is 13.1 Å². The van der Waals surface area contributed by atoms with E-state index in [9.17, 15) is 10.2 Å². The number of imidazole rings is 1. The van der Waals surface area contributed by atoms with Gasteiger partial charge in [0.1, 0.15) is 17.6 Å². The van der Waals surface area contributed by atoms with E-state index in [-0.39, 0.29) is 6.10 Å². The molecule has 2 N–H and O–H groups in total. The Morgan fingerprint density at radius 2 is 1.75 bits per heavy atom. The smallest absolute Gasteiger partial charge is 0.167 e. The Labute approximate surface area is 210 Å². The molecule has 1 aliphatic rings. The van der Waals surface area contributed by atoms with E-state index in [0.717, 1.165) is 60.6 Å². The Morgan fingerprint density at radius 3 is 2.47 bits per heavy atom. The van der Waals surface area contributed by atoms with E-state index in [4.69, 9.17) is 4.52 Å². The van der Waals surface area contributed by atoms with Crippen molar-refractivity contribution in [1.82, 2.24) is 24.6 Å². The Balaban J connectivity index is 1.19. The average molecular weight is 484 g/mol. The molecule has 0 radical (unpaired) electrons. The number of piperidine rings is 1. The maximum Gasteiger partial charge on any atom is 0.167 e. The monoisotopic (exact) mass is 483 g/mol. The zero-order valence-electron chi connectivity index (χ0n) is 20.2. The maximum atomic E-state index is 9.83. The molecule has 0 saturated carbocycles. The molecule has 0 spiro atoms. The number of aliphatic hydroxyl groups is 2. The fraction of sp³-hybridized carbons (Fsp3) is 0.321. The lowest BCUT2D eigenvalue weighted by atomic mass is 10.1. The molecule has 5 rings (SSSR count). The normalized spacial score (nSPS) is 15.4. The van der Waals surface area contributed by atoms with E-state index in [1.165, 1.54) is 0 Å². The second kappa shape index (κ2) is 10.9. The highest BCUT2D eigenvalue weighted by Crippen LogP contribution is 2.22. The van der Waals surface area contributed by atoms with Gasteiger partial charge < -0.3 is 19.3 Å². The summed E-state index contributed by atoms with van der Waals surface area (Å²) in [5.74, 6) is 7.63. The quantitative estimate of drug-likeness (QED) is 0.406. The van der Waals surface area contributed by atoms with Crippen LogP contribution < -0.4 is 0 Å². The van der Waals surface area contributed by atoms with Crippen molar-refractivity contribution in [3.63, 3.8) is 0 Å². The van der Waals surface area contributed by atoms with Gasteiger partial charge in [0.25, 0.3) is 0 Å². The molecule has 8 heteroatoms. The molecule has 184 valence electrons. The lowest BCUT2D eigenvalue weighted by Crippen LogP contribution is -2.35. The highest BCUT2D eigenvalue weighted by molar-refractivity contribution is 5.59. The highest BCUT2D eigenvalue weighted by Gasteiger charge is 2.17. The molecule has 1 aromatic carbocycles. The molecule has 0 unspecified atom stereocenters. The van der Waals surface area contributed by atoms with Gasteiger partial charge in [0.15, 0.2) is 5.76 Å². The van der Waals surface area contributed by atoms with Crippen LogP contribution in [0.1, 0.15) is 54.2 Å². The second-order valence-electron chi connectivity index (χ2n) is 9.14. The zero-order valence-corrected chi connectivity index (χ0v) is 20.2. The Morgan fingerprint density at radius 1 is 1.00 bits per heavy atom. The topological polar surface area (TPSA) is 100 Å². The van der Waals surface area contributed by atoms with E-state index in [2.05, 4.69) is 31.9 Å². The molecule has 36 heavy (non-hydrogen) atoms. The van der Waals surface area contributed by atoms with Gasteiger partial charge in [-0.25, -0.2) is 4.98 Å². The fourth-order valence-electron chi connectivity index (χ4n) is 4.28. The predicted octanol–water partition coefficient (Wildman–Crippen LogP) is 3.39. The van der Waals surface area contributed by atoms with Crippen molar-refractivity contribution in [2.75, 3.05) is 13.1 Å². The van der Waals surface area contributed by atoms with Gasteiger partial charge in [0.05, 0.1) is 18.3 Å². The standard InChI is InChI=1S/C28H29N5O3/c1-20(34)28-29-12-15-33(28)19-25-16-27(36-31-25)23-7-4-21(5-8-23)2-3-22-6-9-24(30-17-22)18-32-13-10-26(35)11-14-32/h4-9,12,15-17,20,26,34-35H,10-11,13-14,18-19H2,1H3/t20-/m0/s1. The van der Waals surface area contributed by atoms with Gasteiger partial charge in [0, 0.05) is 61.0 Å². The Kier molecular flexibility index (Phi) is 7.23. The van der Waals surface area contributed by atoms with Gasteiger partial charge >= 0.3 is 0 Å². The minimum Gasteiger partial charge on any atom is -0.393 e. The van der Waals surface area contributed by atoms with Crippen LogP contribution in [0.25, 0.3) is 11.3 Å². The molecule has 1 atom stereocenters. The largest absolute Gasteiger partial charge is 0.393 e. The van der Waals surface area contributed by atoms with Crippen LogP contribution in [0, 0.1) is 11.8 Å². The zero-order chi connectivity index (χ0) is 24.9. The van der Waals surface area contributed by atoms with Crippen LogP contribution in [0.5, 0.6) is 0 Å². The van der Waals surface area contributed by atoms with Gasteiger partial charge in [-0.2, -0.15) is 0 Å². The highest BCUT2D eigenvalue weighted by atomic mass is 16.5. The summed E-state index contributed by atoms with van der Waals surface area (Å²) >= 11 is 0. The van der Waals surface area contributed by atoms with Gasteiger partial charge in [-0.3, -0.25) is 9.88 Å². The minimum atomic E-state index is -0.649. The molecule has 0 amide bonds. The first-order valence-electron chi connectivity index (χ1n) is 12.2. The molecule has 1 saturated heterocycles.